The van der Waals surface area contributed by atoms with Gasteiger partial charge in [0.05, 0.1) is 30.4 Å². The number of nitrogens with zero attached hydrogens (tertiary/aromatic N) is 1. The molecule has 10 heteroatoms. The van der Waals surface area contributed by atoms with Crippen LogP contribution in [0.2, 0.25) is 0 Å². The zero-order valence-electron chi connectivity index (χ0n) is 18.1. The minimum absolute atomic E-state index is 0.00769. The van der Waals surface area contributed by atoms with Crippen molar-refractivity contribution in [1.29, 1.82) is 0 Å². The Bertz CT molecular complexity index is 1080. The van der Waals surface area contributed by atoms with Gasteiger partial charge in [0.25, 0.3) is 5.91 Å². The van der Waals surface area contributed by atoms with Crippen LogP contribution in [0.1, 0.15) is 42.1 Å². The second-order valence-electron chi connectivity index (χ2n) is 7.01. The first kappa shape index (κ1) is 23.6. The van der Waals surface area contributed by atoms with Gasteiger partial charge >= 0.3 is 12.0 Å². The normalized spacial score (nSPS) is 15.7. The quantitative estimate of drug-likeness (QED) is 0.228. The van der Waals surface area contributed by atoms with Gasteiger partial charge in [0, 0.05) is 0 Å². The molecule has 9 nitrogen and oxygen atoms in total. The van der Waals surface area contributed by atoms with Gasteiger partial charge in [-0.1, -0.05) is 6.92 Å². The first-order valence-electron chi connectivity index (χ1n) is 9.83. The number of halogens is 1. The zero-order chi connectivity index (χ0) is 23.4. The van der Waals surface area contributed by atoms with Crippen molar-refractivity contribution in [2.75, 3.05) is 14.2 Å². The SMILES string of the molecule is CC[C@@H](C)Oc1c(I)cc(/C=C2\NC(=O)N(Cc3ccc(C(=O)OC)o3)C2=O)cc1OC. The van der Waals surface area contributed by atoms with Gasteiger partial charge in [-0.3, -0.25) is 9.69 Å². The average Bonchev–Trinajstić information content (AvgIpc) is 3.35. The van der Waals surface area contributed by atoms with Gasteiger partial charge in [0.15, 0.2) is 11.5 Å². The van der Waals surface area contributed by atoms with Crippen LogP contribution in [0.3, 0.4) is 0 Å². The lowest BCUT2D eigenvalue weighted by molar-refractivity contribution is -0.123. The number of hydrogen-bond acceptors (Lipinski definition) is 7. The summed E-state index contributed by atoms with van der Waals surface area (Å²) in [5.41, 5.74) is 0.780. The van der Waals surface area contributed by atoms with Crippen LogP contribution in [-0.2, 0) is 16.1 Å². The molecule has 1 aromatic heterocycles. The summed E-state index contributed by atoms with van der Waals surface area (Å²) in [5.74, 6) is 0.277. The van der Waals surface area contributed by atoms with Gasteiger partial charge in [0.1, 0.15) is 11.5 Å². The molecule has 1 atom stereocenters. The van der Waals surface area contributed by atoms with E-state index in [4.69, 9.17) is 13.9 Å². The van der Waals surface area contributed by atoms with Crippen LogP contribution in [0.15, 0.2) is 34.4 Å². The minimum atomic E-state index is -0.640. The smallest absolute Gasteiger partial charge is 0.373 e. The molecule has 170 valence electrons. The van der Waals surface area contributed by atoms with Crippen LogP contribution in [0.25, 0.3) is 6.08 Å². The number of benzene rings is 1. The summed E-state index contributed by atoms with van der Waals surface area (Å²) in [7, 11) is 2.78. The highest BCUT2D eigenvalue weighted by atomic mass is 127. The highest BCUT2D eigenvalue weighted by Crippen LogP contribution is 2.35. The molecule has 1 saturated heterocycles. The highest BCUT2D eigenvalue weighted by molar-refractivity contribution is 14.1. The lowest BCUT2D eigenvalue weighted by Crippen LogP contribution is -2.30. The number of urea groups is 1. The molecule has 1 aliphatic heterocycles. The highest BCUT2D eigenvalue weighted by Gasteiger charge is 2.34. The molecule has 1 aromatic carbocycles. The van der Waals surface area contributed by atoms with Crippen LogP contribution in [0, 0.1) is 3.57 Å². The number of carbonyl (C=O) groups excluding carboxylic acids is 3. The van der Waals surface area contributed by atoms with Gasteiger partial charge in [-0.2, -0.15) is 0 Å². The third-order valence-electron chi connectivity index (χ3n) is 4.78. The molecule has 0 saturated carbocycles. The zero-order valence-corrected chi connectivity index (χ0v) is 20.2. The molecule has 2 heterocycles. The predicted molar refractivity (Wildman–Crippen MR) is 123 cm³/mol. The fraction of sp³-hybridized carbons (Fsp3) is 0.318. The third kappa shape index (κ3) is 5.06. The Hall–Kier alpha value is -3.02. The van der Waals surface area contributed by atoms with E-state index < -0.39 is 17.9 Å². The number of ether oxygens (including phenoxy) is 3. The van der Waals surface area contributed by atoms with Gasteiger partial charge in [-0.05, 0) is 71.8 Å². The second kappa shape index (κ2) is 10.1. The fourth-order valence-corrected chi connectivity index (χ4v) is 3.69. The third-order valence-corrected chi connectivity index (χ3v) is 5.58. The van der Waals surface area contributed by atoms with Crippen LogP contribution >= 0.6 is 22.6 Å². The number of esters is 1. The largest absolute Gasteiger partial charge is 0.493 e. The van der Waals surface area contributed by atoms with Crippen molar-refractivity contribution in [2.45, 2.75) is 32.9 Å². The second-order valence-corrected chi connectivity index (χ2v) is 8.17. The number of nitrogens with one attached hydrogen (secondary N) is 1. The number of methoxy groups -OCH3 is 2. The van der Waals surface area contributed by atoms with E-state index in [2.05, 4.69) is 32.6 Å². The van der Waals surface area contributed by atoms with Crippen LogP contribution in [0.4, 0.5) is 4.79 Å². The van der Waals surface area contributed by atoms with E-state index in [0.717, 1.165) is 14.9 Å². The van der Waals surface area contributed by atoms with Gasteiger partial charge in [-0.25, -0.2) is 9.59 Å². The Morgan fingerprint density at radius 2 is 2.03 bits per heavy atom. The van der Waals surface area contributed by atoms with Crippen molar-refractivity contribution in [1.82, 2.24) is 10.2 Å². The lowest BCUT2D eigenvalue weighted by Gasteiger charge is -2.17. The number of imide groups is 1. The molecule has 1 N–H and O–H groups in total. The predicted octanol–water partition coefficient (Wildman–Crippen LogP) is 3.95. The molecule has 0 spiro atoms. The number of amides is 3. The van der Waals surface area contributed by atoms with E-state index >= 15 is 0 Å². The average molecular weight is 554 g/mol. The van der Waals surface area contributed by atoms with E-state index in [9.17, 15) is 14.4 Å². The summed E-state index contributed by atoms with van der Waals surface area (Å²) >= 11 is 2.14. The van der Waals surface area contributed by atoms with E-state index in [-0.39, 0.29) is 29.9 Å². The van der Waals surface area contributed by atoms with Gasteiger partial charge in [-0.15, -0.1) is 0 Å². The first-order chi connectivity index (χ1) is 15.3. The van der Waals surface area contributed by atoms with Crippen molar-refractivity contribution in [2.24, 2.45) is 0 Å². The molecule has 0 radical (unpaired) electrons. The molecule has 1 fully saturated rings. The number of carbonyl (C=O) groups is 3. The number of hydrogen-bond donors (Lipinski definition) is 1. The molecule has 0 aliphatic carbocycles. The monoisotopic (exact) mass is 554 g/mol. The Kier molecular flexibility index (Phi) is 7.44. The Labute approximate surface area is 198 Å². The van der Waals surface area contributed by atoms with Crippen LogP contribution in [0.5, 0.6) is 11.5 Å². The standard InChI is InChI=1S/C22H23IN2O7/c1-5-12(2)31-19-15(23)8-13(10-18(19)29-3)9-16-20(26)25(22(28)24-16)11-14-6-7-17(32-14)21(27)30-4/h6-10,12H,5,11H2,1-4H3,(H,24,28)/b16-9-/t12-/m1/s1. The number of rotatable bonds is 8. The van der Waals surface area contributed by atoms with E-state index in [1.54, 1.807) is 19.3 Å². The van der Waals surface area contributed by atoms with Crippen LogP contribution < -0.4 is 14.8 Å². The van der Waals surface area contributed by atoms with Crippen molar-refractivity contribution >= 4 is 46.6 Å². The Balaban J connectivity index is 1.81. The molecule has 32 heavy (non-hydrogen) atoms. The van der Waals surface area contributed by atoms with Gasteiger partial charge in [0.2, 0.25) is 5.76 Å². The maximum atomic E-state index is 12.8. The van der Waals surface area contributed by atoms with Crippen molar-refractivity contribution in [3.8, 4) is 11.5 Å². The molecule has 3 amide bonds. The topological polar surface area (TPSA) is 107 Å². The maximum Gasteiger partial charge on any atom is 0.373 e. The lowest BCUT2D eigenvalue weighted by atomic mass is 10.1. The molecule has 1 aliphatic rings. The summed E-state index contributed by atoms with van der Waals surface area (Å²) < 4.78 is 22.2. The molecular formula is C22H23IN2O7. The van der Waals surface area contributed by atoms with E-state index in [1.165, 1.54) is 19.2 Å². The molecule has 0 unspecified atom stereocenters. The maximum absolute atomic E-state index is 12.8. The summed E-state index contributed by atoms with van der Waals surface area (Å²) in [6.45, 7) is 3.88. The van der Waals surface area contributed by atoms with Gasteiger partial charge < -0.3 is 23.9 Å². The Morgan fingerprint density at radius 1 is 1.28 bits per heavy atom. The van der Waals surface area contributed by atoms with E-state index in [0.29, 0.717) is 17.1 Å². The number of furan rings is 1. The minimum Gasteiger partial charge on any atom is -0.493 e. The van der Waals surface area contributed by atoms with Crippen molar-refractivity contribution in [3.05, 3.63) is 50.6 Å². The van der Waals surface area contributed by atoms with Crippen molar-refractivity contribution in [3.63, 3.8) is 0 Å². The summed E-state index contributed by atoms with van der Waals surface area (Å²) in [6, 6.07) is 5.93. The first-order valence-corrected chi connectivity index (χ1v) is 10.9. The van der Waals surface area contributed by atoms with E-state index in [1.807, 2.05) is 19.9 Å². The summed E-state index contributed by atoms with van der Waals surface area (Å²) in [5, 5.41) is 2.57. The summed E-state index contributed by atoms with van der Waals surface area (Å²) in [4.78, 5) is 37.7. The fourth-order valence-electron chi connectivity index (χ4n) is 2.93. The van der Waals surface area contributed by atoms with Crippen molar-refractivity contribution < 1.29 is 33.0 Å². The molecule has 2 aromatic rings. The Morgan fingerprint density at radius 3 is 2.69 bits per heavy atom. The molecule has 0 bridgehead atoms. The molecular weight excluding hydrogens is 531 g/mol. The van der Waals surface area contributed by atoms with Crippen LogP contribution in [-0.4, -0.2) is 43.1 Å². The molecule has 3 rings (SSSR count). The summed E-state index contributed by atoms with van der Waals surface area (Å²) in [6.07, 6.45) is 2.44.